The number of aldehydes is 1. The fraction of sp³-hybridized carbons (Fsp3) is 0.400. The van der Waals surface area contributed by atoms with Crippen molar-refractivity contribution in [3.05, 3.63) is 29.8 Å². The highest BCUT2D eigenvalue weighted by atomic mass is 16.1. The van der Waals surface area contributed by atoms with Crippen molar-refractivity contribution in [2.24, 2.45) is 10.2 Å². The van der Waals surface area contributed by atoms with Gasteiger partial charge in [0.25, 0.3) is 0 Å². The van der Waals surface area contributed by atoms with Crippen LogP contribution in [0, 0.1) is 0 Å². The van der Waals surface area contributed by atoms with Crippen LogP contribution in [0.1, 0.15) is 30.6 Å². The zero-order valence-corrected chi connectivity index (χ0v) is 12.6. The van der Waals surface area contributed by atoms with Crippen molar-refractivity contribution in [2.75, 3.05) is 25.3 Å². The van der Waals surface area contributed by atoms with Gasteiger partial charge in [-0.15, -0.1) is 0 Å². The molecule has 0 aromatic heterocycles. The second-order valence-corrected chi connectivity index (χ2v) is 4.14. The maximum absolute atomic E-state index is 10.6. The molecule has 0 saturated carbocycles. The smallest absolute Gasteiger partial charge is 0.152 e. The molecule has 0 N–H and O–H groups in total. The highest BCUT2D eigenvalue weighted by Gasteiger charge is 2.05. The van der Waals surface area contributed by atoms with Gasteiger partial charge in [0.05, 0.1) is 5.69 Å². The van der Waals surface area contributed by atoms with Gasteiger partial charge in [0.1, 0.15) is 0 Å². The lowest BCUT2D eigenvalue weighted by atomic mass is 10.2. The first-order valence-corrected chi connectivity index (χ1v) is 6.60. The number of hydrogen-bond acceptors (Lipinski definition) is 5. The van der Waals surface area contributed by atoms with Crippen LogP contribution in [0.15, 0.2) is 34.5 Å². The molecular weight excluding hydrogens is 252 g/mol. The standard InChI is InChI=1S/C9H9N3O.C6H15N/c1-10-12(11-2)9-6-4-3-5-8(9)7-13;1-4-6-7(3)5-2/h3-7H,1-2H2;4-6H2,1-3H3. The van der Waals surface area contributed by atoms with E-state index in [0.717, 1.165) is 6.29 Å². The summed E-state index contributed by atoms with van der Waals surface area (Å²) in [6.07, 6.45) is 2.00. The second kappa shape index (κ2) is 10.9. The molecule has 0 aliphatic carbocycles. The molecule has 0 saturated heterocycles. The fourth-order valence-electron chi connectivity index (χ4n) is 1.51. The maximum atomic E-state index is 10.6. The summed E-state index contributed by atoms with van der Waals surface area (Å²) >= 11 is 0. The number of carbonyl (C=O) groups is 1. The number of hydrazone groups is 2. The molecule has 0 bridgehead atoms. The summed E-state index contributed by atoms with van der Waals surface area (Å²) in [5.74, 6) is 0. The van der Waals surface area contributed by atoms with E-state index in [1.54, 1.807) is 24.3 Å². The van der Waals surface area contributed by atoms with Crippen molar-refractivity contribution in [1.29, 1.82) is 0 Å². The van der Waals surface area contributed by atoms with Gasteiger partial charge in [-0.05, 0) is 38.7 Å². The Hall–Kier alpha value is -2.01. The van der Waals surface area contributed by atoms with Gasteiger partial charge in [0.15, 0.2) is 6.29 Å². The van der Waals surface area contributed by atoms with E-state index in [9.17, 15) is 4.79 Å². The van der Waals surface area contributed by atoms with Crippen LogP contribution in [-0.4, -0.2) is 44.8 Å². The van der Waals surface area contributed by atoms with Crippen molar-refractivity contribution in [2.45, 2.75) is 20.3 Å². The van der Waals surface area contributed by atoms with Crippen LogP contribution in [0.2, 0.25) is 0 Å². The Bertz CT molecular complexity index is 412. The second-order valence-electron chi connectivity index (χ2n) is 4.14. The highest BCUT2D eigenvalue weighted by Crippen LogP contribution is 2.18. The summed E-state index contributed by atoms with van der Waals surface area (Å²) in [4.78, 5) is 12.9. The zero-order valence-electron chi connectivity index (χ0n) is 12.6. The lowest BCUT2D eigenvalue weighted by Crippen LogP contribution is -2.17. The van der Waals surface area contributed by atoms with Crippen LogP contribution in [0.25, 0.3) is 0 Å². The average Bonchev–Trinajstić information content (AvgIpc) is 2.50. The quantitative estimate of drug-likeness (QED) is 0.437. The van der Waals surface area contributed by atoms with E-state index in [1.807, 2.05) is 0 Å². The molecule has 0 spiro atoms. The first-order chi connectivity index (χ1) is 9.64. The van der Waals surface area contributed by atoms with E-state index in [1.165, 1.54) is 24.6 Å². The van der Waals surface area contributed by atoms with Gasteiger partial charge in [-0.3, -0.25) is 4.79 Å². The normalized spacial score (nSPS) is 9.40. The molecule has 0 fully saturated rings. The van der Waals surface area contributed by atoms with Crippen LogP contribution in [0.4, 0.5) is 5.69 Å². The summed E-state index contributed by atoms with van der Waals surface area (Å²) in [6, 6.07) is 6.93. The van der Waals surface area contributed by atoms with Crippen LogP contribution in [-0.2, 0) is 0 Å². The lowest BCUT2D eigenvalue weighted by molar-refractivity contribution is 0.112. The first kappa shape index (κ1) is 18.0. The fourth-order valence-corrected chi connectivity index (χ4v) is 1.51. The number of rotatable bonds is 7. The van der Waals surface area contributed by atoms with Crippen molar-refractivity contribution in [1.82, 2.24) is 4.90 Å². The molecule has 0 aliphatic rings. The third kappa shape index (κ3) is 6.24. The van der Waals surface area contributed by atoms with Crippen molar-refractivity contribution in [3.63, 3.8) is 0 Å². The first-order valence-electron chi connectivity index (χ1n) is 6.60. The topological polar surface area (TPSA) is 48.3 Å². The molecule has 110 valence electrons. The average molecular weight is 276 g/mol. The SMILES string of the molecule is C=NN(N=C)c1ccccc1C=O.CCCN(C)CC. The molecule has 0 atom stereocenters. The van der Waals surface area contributed by atoms with Gasteiger partial charge in [-0.25, -0.2) is 0 Å². The van der Waals surface area contributed by atoms with E-state index in [2.05, 4.69) is 49.4 Å². The monoisotopic (exact) mass is 276 g/mol. The summed E-state index contributed by atoms with van der Waals surface area (Å²) in [5.41, 5.74) is 1.07. The number of benzene rings is 1. The number of carbonyl (C=O) groups excluding carboxylic acids is 1. The van der Waals surface area contributed by atoms with Gasteiger partial charge in [-0.2, -0.15) is 15.3 Å². The molecule has 1 aromatic carbocycles. The Morgan fingerprint density at radius 3 is 2.20 bits per heavy atom. The highest BCUT2D eigenvalue weighted by molar-refractivity contribution is 5.84. The van der Waals surface area contributed by atoms with Crippen molar-refractivity contribution < 1.29 is 4.79 Å². The maximum Gasteiger partial charge on any atom is 0.152 e. The van der Waals surface area contributed by atoms with Gasteiger partial charge in [0.2, 0.25) is 0 Å². The van der Waals surface area contributed by atoms with Crippen LogP contribution in [0.5, 0.6) is 0 Å². The molecule has 0 amide bonds. The van der Waals surface area contributed by atoms with E-state index < -0.39 is 0 Å². The Balaban J connectivity index is 0.000000441. The Labute approximate surface area is 121 Å². The van der Waals surface area contributed by atoms with Gasteiger partial charge in [0, 0.05) is 19.0 Å². The number of nitrogens with zero attached hydrogens (tertiary/aromatic N) is 4. The third-order valence-corrected chi connectivity index (χ3v) is 2.69. The third-order valence-electron chi connectivity index (χ3n) is 2.69. The van der Waals surface area contributed by atoms with E-state index >= 15 is 0 Å². The molecule has 20 heavy (non-hydrogen) atoms. The number of hydrogen-bond donors (Lipinski definition) is 0. The molecule has 5 nitrogen and oxygen atoms in total. The van der Waals surface area contributed by atoms with E-state index in [0.29, 0.717) is 11.3 Å². The van der Waals surface area contributed by atoms with E-state index in [4.69, 9.17) is 0 Å². The minimum atomic E-state index is 0.502. The minimum absolute atomic E-state index is 0.502. The Morgan fingerprint density at radius 2 is 1.80 bits per heavy atom. The summed E-state index contributed by atoms with van der Waals surface area (Å²) in [7, 11) is 2.14. The largest absolute Gasteiger partial charge is 0.307 e. The summed E-state index contributed by atoms with van der Waals surface area (Å²) in [6.45, 7) is 13.4. The predicted octanol–water partition coefficient (Wildman–Crippen LogP) is 2.88. The number of para-hydroxylation sites is 1. The van der Waals surface area contributed by atoms with Gasteiger partial charge < -0.3 is 4.90 Å². The minimum Gasteiger partial charge on any atom is -0.307 e. The summed E-state index contributed by atoms with van der Waals surface area (Å²) in [5, 5.41) is 8.36. The number of anilines is 1. The Morgan fingerprint density at radius 1 is 1.20 bits per heavy atom. The molecule has 1 aromatic rings. The molecule has 0 aliphatic heterocycles. The van der Waals surface area contributed by atoms with Crippen molar-refractivity contribution in [3.8, 4) is 0 Å². The molecule has 1 rings (SSSR count). The zero-order chi connectivity index (χ0) is 15.4. The van der Waals surface area contributed by atoms with E-state index in [-0.39, 0.29) is 0 Å². The van der Waals surface area contributed by atoms with Crippen LogP contribution in [0.3, 0.4) is 0 Å². The predicted molar refractivity (Wildman–Crippen MR) is 86.9 cm³/mol. The van der Waals surface area contributed by atoms with Crippen molar-refractivity contribution >= 4 is 25.4 Å². The lowest BCUT2D eigenvalue weighted by Gasteiger charge is -2.12. The molecule has 0 radical (unpaired) electrons. The van der Waals surface area contributed by atoms with Crippen LogP contribution >= 0.6 is 0 Å². The Kier molecular flexibility index (Phi) is 9.78. The molecule has 0 unspecified atom stereocenters. The van der Waals surface area contributed by atoms with Gasteiger partial charge >= 0.3 is 0 Å². The molecule has 0 heterocycles. The molecule has 5 heteroatoms. The van der Waals surface area contributed by atoms with Gasteiger partial charge in [-0.1, -0.05) is 26.0 Å². The van der Waals surface area contributed by atoms with Crippen LogP contribution < -0.4 is 5.12 Å². The molecular formula is C15H24N4O. The summed E-state index contributed by atoms with van der Waals surface area (Å²) < 4.78 is 0.